The normalized spacial score (nSPS) is 34.6. The van der Waals surface area contributed by atoms with E-state index in [-0.39, 0.29) is 11.9 Å². The summed E-state index contributed by atoms with van der Waals surface area (Å²) in [6, 6.07) is 0.471. The molecule has 4 heteroatoms. The molecule has 0 amide bonds. The van der Waals surface area contributed by atoms with Gasteiger partial charge in [0.25, 0.3) is 0 Å². The molecule has 0 radical (unpaired) electrons. The van der Waals surface area contributed by atoms with Crippen LogP contribution in [0.1, 0.15) is 51.9 Å². The molecule has 3 fully saturated rings. The lowest BCUT2D eigenvalue weighted by Gasteiger charge is -2.43. The molecule has 1 saturated heterocycles. The zero-order chi connectivity index (χ0) is 13.1. The molecule has 110 valence electrons. The van der Waals surface area contributed by atoms with Crippen LogP contribution in [-0.4, -0.2) is 43.8 Å². The second-order valence-corrected chi connectivity index (χ2v) is 6.14. The smallest absolute Gasteiger partial charge is 0.171 e. The van der Waals surface area contributed by atoms with Crippen LogP contribution in [0.3, 0.4) is 0 Å². The van der Waals surface area contributed by atoms with Gasteiger partial charge in [-0.15, -0.1) is 0 Å². The van der Waals surface area contributed by atoms with Crippen molar-refractivity contribution in [2.24, 2.45) is 0 Å². The molecule has 1 aliphatic heterocycles. The fourth-order valence-corrected chi connectivity index (χ4v) is 3.33. The van der Waals surface area contributed by atoms with Crippen molar-refractivity contribution in [3.63, 3.8) is 0 Å². The first-order chi connectivity index (χ1) is 9.31. The fourth-order valence-electron chi connectivity index (χ4n) is 3.33. The number of hydrogen-bond donors (Lipinski definition) is 1. The first kappa shape index (κ1) is 13.8. The van der Waals surface area contributed by atoms with Gasteiger partial charge in [-0.2, -0.15) is 0 Å². The third-order valence-electron chi connectivity index (χ3n) is 4.69. The highest BCUT2D eigenvalue weighted by Gasteiger charge is 2.46. The molecule has 0 aromatic heterocycles. The van der Waals surface area contributed by atoms with Gasteiger partial charge in [-0.1, -0.05) is 6.92 Å². The highest BCUT2D eigenvalue weighted by atomic mass is 16.7. The standard InChI is InChI=1S/C15H27NO3/c1-2-8-16-13-6-7-15(17-9-10-18-15)11-14(13)19-12-4-3-5-12/h12-14,16H,2-11H2,1H3. The van der Waals surface area contributed by atoms with E-state index in [2.05, 4.69) is 12.2 Å². The Bertz CT molecular complexity index is 287. The van der Waals surface area contributed by atoms with Gasteiger partial charge in [0.2, 0.25) is 0 Å². The van der Waals surface area contributed by atoms with Gasteiger partial charge in [0.05, 0.1) is 25.4 Å². The van der Waals surface area contributed by atoms with E-state index in [1.165, 1.54) is 25.7 Å². The maximum absolute atomic E-state index is 6.30. The van der Waals surface area contributed by atoms with Gasteiger partial charge >= 0.3 is 0 Å². The minimum Gasteiger partial charge on any atom is -0.373 e. The lowest BCUT2D eigenvalue weighted by Crippen LogP contribution is -2.53. The molecular weight excluding hydrogens is 242 g/mol. The Labute approximate surface area is 116 Å². The molecule has 19 heavy (non-hydrogen) atoms. The van der Waals surface area contributed by atoms with Crippen LogP contribution in [-0.2, 0) is 14.2 Å². The summed E-state index contributed by atoms with van der Waals surface area (Å²) in [7, 11) is 0. The van der Waals surface area contributed by atoms with E-state index in [1.54, 1.807) is 0 Å². The van der Waals surface area contributed by atoms with Crippen LogP contribution >= 0.6 is 0 Å². The summed E-state index contributed by atoms with van der Waals surface area (Å²) in [5, 5.41) is 3.65. The van der Waals surface area contributed by atoms with Crippen molar-refractivity contribution >= 4 is 0 Å². The number of rotatable bonds is 5. The summed E-state index contributed by atoms with van der Waals surface area (Å²) in [4.78, 5) is 0. The molecule has 0 aromatic carbocycles. The second-order valence-electron chi connectivity index (χ2n) is 6.14. The summed E-state index contributed by atoms with van der Waals surface area (Å²) in [5.74, 6) is -0.335. The molecule has 2 atom stereocenters. The Morgan fingerprint density at radius 3 is 2.63 bits per heavy atom. The van der Waals surface area contributed by atoms with E-state index >= 15 is 0 Å². The molecule has 2 saturated carbocycles. The summed E-state index contributed by atoms with van der Waals surface area (Å²) in [6.07, 6.45) is 8.67. The van der Waals surface area contributed by atoms with Gasteiger partial charge in [-0.3, -0.25) is 0 Å². The number of hydrogen-bond acceptors (Lipinski definition) is 4. The average Bonchev–Trinajstić information content (AvgIpc) is 2.81. The Hall–Kier alpha value is -0.160. The zero-order valence-electron chi connectivity index (χ0n) is 12.0. The number of ether oxygens (including phenoxy) is 3. The predicted molar refractivity (Wildman–Crippen MR) is 73.1 cm³/mol. The van der Waals surface area contributed by atoms with Gasteiger partial charge in [0.15, 0.2) is 5.79 Å². The molecule has 0 bridgehead atoms. The summed E-state index contributed by atoms with van der Waals surface area (Å²) in [6.45, 7) is 4.76. The van der Waals surface area contributed by atoms with Crippen molar-refractivity contribution in [3.8, 4) is 0 Å². The Balaban J connectivity index is 1.60. The topological polar surface area (TPSA) is 39.7 Å². The van der Waals surface area contributed by atoms with E-state index in [0.29, 0.717) is 12.1 Å². The van der Waals surface area contributed by atoms with Gasteiger partial charge in [0, 0.05) is 18.9 Å². The van der Waals surface area contributed by atoms with Crippen molar-refractivity contribution in [2.75, 3.05) is 19.8 Å². The molecular formula is C15H27NO3. The van der Waals surface area contributed by atoms with E-state index < -0.39 is 0 Å². The monoisotopic (exact) mass is 269 g/mol. The largest absolute Gasteiger partial charge is 0.373 e. The van der Waals surface area contributed by atoms with Crippen molar-refractivity contribution in [2.45, 2.75) is 75.9 Å². The van der Waals surface area contributed by atoms with Crippen LogP contribution in [0, 0.1) is 0 Å². The Kier molecular flexibility index (Phi) is 4.42. The summed E-state index contributed by atoms with van der Waals surface area (Å²) in [5.41, 5.74) is 0. The van der Waals surface area contributed by atoms with E-state index in [0.717, 1.165) is 39.0 Å². The average molecular weight is 269 g/mol. The van der Waals surface area contributed by atoms with Gasteiger partial charge in [-0.25, -0.2) is 0 Å². The molecule has 3 aliphatic rings. The zero-order valence-corrected chi connectivity index (χ0v) is 12.0. The maximum Gasteiger partial charge on any atom is 0.171 e. The van der Waals surface area contributed by atoms with Gasteiger partial charge in [0.1, 0.15) is 0 Å². The first-order valence-corrected chi connectivity index (χ1v) is 7.98. The fraction of sp³-hybridized carbons (Fsp3) is 1.00. The van der Waals surface area contributed by atoms with Crippen LogP contribution in [0.2, 0.25) is 0 Å². The van der Waals surface area contributed by atoms with Crippen molar-refractivity contribution in [1.82, 2.24) is 5.32 Å². The van der Waals surface area contributed by atoms with Crippen molar-refractivity contribution in [1.29, 1.82) is 0 Å². The quantitative estimate of drug-likeness (QED) is 0.831. The lowest BCUT2D eigenvalue weighted by molar-refractivity contribution is -0.216. The Morgan fingerprint density at radius 2 is 2.00 bits per heavy atom. The maximum atomic E-state index is 6.30. The SMILES string of the molecule is CCCNC1CCC2(CC1OC1CCC1)OCCO2. The first-order valence-electron chi connectivity index (χ1n) is 7.98. The summed E-state index contributed by atoms with van der Waals surface area (Å²) >= 11 is 0. The van der Waals surface area contributed by atoms with Crippen LogP contribution in [0.15, 0.2) is 0 Å². The highest BCUT2D eigenvalue weighted by Crippen LogP contribution is 2.38. The molecule has 1 N–H and O–H groups in total. The molecule has 0 aromatic rings. The number of nitrogens with one attached hydrogen (secondary N) is 1. The highest BCUT2D eigenvalue weighted by molar-refractivity contribution is 4.93. The third kappa shape index (κ3) is 3.13. The molecule has 2 unspecified atom stereocenters. The molecule has 4 nitrogen and oxygen atoms in total. The lowest BCUT2D eigenvalue weighted by atomic mass is 9.86. The third-order valence-corrected chi connectivity index (χ3v) is 4.69. The second kappa shape index (κ2) is 6.08. The van der Waals surface area contributed by atoms with Gasteiger partial charge in [-0.05, 0) is 38.6 Å². The summed E-state index contributed by atoms with van der Waals surface area (Å²) < 4.78 is 18.0. The van der Waals surface area contributed by atoms with Crippen molar-refractivity contribution < 1.29 is 14.2 Å². The molecule has 3 rings (SSSR count). The van der Waals surface area contributed by atoms with Crippen LogP contribution in [0.25, 0.3) is 0 Å². The van der Waals surface area contributed by atoms with E-state index in [4.69, 9.17) is 14.2 Å². The predicted octanol–water partition coefficient (Wildman–Crippen LogP) is 2.22. The van der Waals surface area contributed by atoms with E-state index in [9.17, 15) is 0 Å². The van der Waals surface area contributed by atoms with Crippen molar-refractivity contribution in [3.05, 3.63) is 0 Å². The molecule has 2 aliphatic carbocycles. The minimum atomic E-state index is -0.335. The van der Waals surface area contributed by atoms with E-state index in [1.807, 2.05) is 0 Å². The van der Waals surface area contributed by atoms with Crippen LogP contribution < -0.4 is 5.32 Å². The minimum absolute atomic E-state index is 0.253. The van der Waals surface area contributed by atoms with Crippen LogP contribution in [0.4, 0.5) is 0 Å². The molecule has 1 heterocycles. The Morgan fingerprint density at radius 1 is 1.21 bits per heavy atom. The van der Waals surface area contributed by atoms with Crippen LogP contribution in [0.5, 0.6) is 0 Å². The molecule has 1 spiro atoms. The van der Waals surface area contributed by atoms with Gasteiger partial charge < -0.3 is 19.5 Å².